The van der Waals surface area contributed by atoms with E-state index < -0.39 is 0 Å². The smallest absolute Gasteiger partial charge is 0.236 e. The third-order valence-corrected chi connectivity index (χ3v) is 4.76. The van der Waals surface area contributed by atoms with Crippen molar-refractivity contribution in [3.63, 3.8) is 0 Å². The lowest BCUT2D eigenvalue weighted by Gasteiger charge is -2.12. The molecule has 0 saturated heterocycles. The summed E-state index contributed by atoms with van der Waals surface area (Å²) in [5, 5.41) is 14.1. The van der Waals surface area contributed by atoms with E-state index in [0.29, 0.717) is 23.9 Å². The Bertz CT molecular complexity index is 629. The average molecular weight is 306 g/mol. The minimum absolute atomic E-state index is 0.0728. The maximum absolute atomic E-state index is 12.0. The number of amides is 1. The zero-order valence-electron chi connectivity index (χ0n) is 11.9. The van der Waals surface area contributed by atoms with Crippen LogP contribution >= 0.6 is 11.3 Å². The zero-order valence-corrected chi connectivity index (χ0v) is 12.7. The molecular weight excluding hydrogens is 288 g/mol. The molecule has 0 aliphatic heterocycles. The number of oxazole rings is 1. The number of rotatable bonds is 6. The Morgan fingerprint density at radius 1 is 1.57 bits per heavy atom. The van der Waals surface area contributed by atoms with Crippen molar-refractivity contribution in [2.45, 2.75) is 26.2 Å². The van der Waals surface area contributed by atoms with Gasteiger partial charge in [0.25, 0.3) is 0 Å². The fraction of sp³-hybridized carbons (Fsp3) is 0.467. The first-order valence-corrected chi connectivity index (χ1v) is 7.88. The second kappa shape index (κ2) is 5.61. The summed E-state index contributed by atoms with van der Waals surface area (Å²) < 4.78 is 5.62. The molecule has 0 spiro atoms. The fourth-order valence-corrected chi connectivity index (χ4v) is 2.81. The minimum Gasteiger partial charge on any atom is -0.440 e. The zero-order chi connectivity index (χ0) is 14.9. The van der Waals surface area contributed by atoms with Gasteiger partial charge in [0, 0.05) is 12.0 Å². The molecule has 3 rings (SSSR count). The van der Waals surface area contributed by atoms with E-state index in [2.05, 4.69) is 10.3 Å². The molecule has 1 amide bonds. The molecule has 0 atom stereocenters. The number of nitrogens with zero attached hydrogens (tertiary/aromatic N) is 1. The highest BCUT2D eigenvalue weighted by atomic mass is 32.1. The number of carbonyl (C=O) groups is 1. The first kappa shape index (κ1) is 14.3. The first-order valence-electron chi connectivity index (χ1n) is 7.00. The van der Waals surface area contributed by atoms with Crippen molar-refractivity contribution in [3.8, 4) is 10.8 Å². The minimum atomic E-state index is -0.0798. The van der Waals surface area contributed by atoms with Crippen LogP contribution in [-0.2, 0) is 11.2 Å². The summed E-state index contributed by atoms with van der Waals surface area (Å²) in [6.07, 6.45) is 2.17. The van der Waals surface area contributed by atoms with Gasteiger partial charge in [0.05, 0.1) is 23.6 Å². The van der Waals surface area contributed by atoms with E-state index in [1.165, 1.54) is 0 Å². The van der Waals surface area contributed by atoms with Crippen molar-refractivity contribution in [1.82, 2.24) is 10.3 Å². The monoisotopic (exact) mass is 306 g/mol. The van der Waals surface area contributed by atoms with Crippen LogP contribution < -0.4 is 5.32 Å². The molecule has 2 heterocycles. The van der Waals surface area contributed by atoms with E-state index in [0.717, 1.165) is 17.7 Å². The Kier molecular flexibility index (Phi) is 3.82. The van der Waals surface area contributed by atoms with E-state index in [-0.39, 0.29) is 24.3 Å². The highest BCUT2D eigenvalue weighted by Crippen LogP contribution is 2.44. The number of aliphatic hydroxyl groups excluding tert-OH is 1. The number of aromatic nitrogens is 1. The Hall–Kier alpha value is -1.66. The van der Waals surface area contributed by atoms with E-state index >= 15 is 0 Å². The van der Waals surface area contributed by atoms with Crippen molar-refractivity contribution in [1.29, 1.82) is 0 Å². The summed E-state index contributed by atoms with van der Waals surface area (Å²) >= 11 is 1.56. The number of aryl methyl sites for hydroxylation is 1. The summed E-state index contributed by atoms with van der Waals surface area (Å²) in [6, 6.07) is 3.88. The number of hydrogen-bond acceptors (Lipinski definition) is 5. The van der Waals surface area contributed by atoms with Crippen molar-refractivity contribution in [3.05, 3.63) is 29.0 Å². The largest absolute Gasteiger partial charge is 0.440 e. The molecule has 5 nitrogen and oxygen atoms in total. The van der Waals surface area contributed by atoms with Crippen LogP contribution in [0.25, 0.3) is 10.8 Å². The van der Waals surface area contributed by atoms with Crippen LogP contribution in [0.1, 0.15) is 24.3 Å². The van der Waals surface area contributed by atoms with Crippen molar-refractivity contribution in [2.24, 2.45) is 5.41 Å². The predicted molar refractivity (Wildman–Crippen MR) is 80.0 cm³/mol. The molecule has 0 radical (unpaired) electrons. The van der Waals surface area contributed by atoms with Gasteiger partial charge in [-0.15, -0.1) is 11.3 Å². The molecule has 0 aromatic carbocycles. The van der Waals surface area contributed by atoms with Gasteiger partial charge in [-0.05, 0) is 31.2 Å². The van der Waals surface area contributed by atoms with Crippen LogP contribution in [0.4, 0.5) is 0 Å². The molecule has 0 bridgehead atoms. The Morgan fingerprint density at radius 2 is 2.38 bits per heavy atom. The number of hydrogen-bond donors (Lipinski definition) is 2. The summed E-state index contributed by atoms with van der Waals surface area (Å²) in [7, 11) is 0. The van der Waals surface area contributed by atoms with E-state index in [1.54, 1.807) is 11.3 Å². The number of carbonyl (C=O) groups excluding carboxylic acids is 1. The average Bonchev–Trinajstić information content (AvgIpc) is 2.88. The molecule has 0 unspecified atom stereocenters. The summed E-state index contributed by atoms with van der Waals surface area (Å²) in [6.45, 7) is 2.50. The van der Waals surface area contributed by atoms with Crippen LogP contribution in [0.5, 0.6) is 0 Å². The van der Waals surface area contributed by atoms with Gasteiger partial charge >= 0.3 is 0 Å². The lowest BCUT2D eigenvalue weighted by Crippen LogP contribution is -2.33. The van der Waals surface area contributed by atoms with Crippen LogP contribution in [-0.4, -0.2) is 29.1 Å². The number of aliphatic hydroxyl groups is 1. The molecule has 6 heteroatoms. The molecule has 1 fully saturated rings. The lowest BCUT2D eigenvalue weighted by atomic mass is 10.1. The maximum Gasteiger partial charge on any atom is 0.236 e. The van der Waals surface area contributed by atoms with Gasteiger partial charge in [-0.1, -0.05) is 6.07 Å². The second-order valence-corrected chi connectivity index (χ2v) is 6.56. The third-order valence-electron chi connectivity index (χ3n) is 3.91. The van der Waals surface area contributed by atoms with Gasteiger partial charge in [0.15, 0.2) is 0 Å². The van der Waals surface area contributed by atoms with Gasteiger partial charge in [-0.2, -0.15) is 0 Å². The number of thiophene rings is 1. The summed E-state index contributed by atoms with van der Waals surface area (Å²) in [5.74, 6) is 1.17. The summed E-state index contributed by atoms with van der Waals surface area (Å²) in [4.78, 5) is 17.3. The summed E-state index contributed by atoms with van der Waals surface area (Å²) in [5.41, 5.74) is 0.598. The molecular formula is C15H18N2O3S. The van der Waals surface area contributed by atoms with E-state index in [4.69, 9.17) is 4.42 Å². The molecule has 1 aliphatic rings. The van der Waals surface area contributed by atoms with Gasteiger partial charge in [0.2, 0.25) is 11.8 Å². The Labute approximate surface area is 127 Å². The van der Waals surface area contributed by atoms with Crippen LogP contribution in [0.3, 0.4) is 0 Å². The van der Waals surface area contributed by atoms with Gasteiger partial charge < -0.3 is 14.8 Å². The topological polar surface area (TPSA) is 75.4 Å². The first-order chi connectivity index (χ1) is 10.1. The molecule has 1 aliphatic carbocycles. The van der Waals surface area contributed by atoms with Crippen molar-refractivity contribution in [2.75, 3.05) is 13.2 Å². The van der Waals surface area contributed by atoms with Crippen LogP contribution in [0, 0.1) is 12.3 Å². The predicted octanol–water partition coefficient (Wildman–Crippen LogP) is 2.14. The molecule has 2 aromatic heterocycles. The lowest BCUT2D eigenvalue weighted by molar-refractivity contribution is -0.120. The molecule has 2 N–H and O–H groups in total. The van der Waals surface area contributed by atoms with Crippen molar-refractivity contribution < 1.29 is 14.3 Å². The van der Waals surface area contributed by atoms with Crippen LogP contribution in [0.15, 0.2) is 21.9 Å². The van der Waals surface area contributed by atoms with Crippen molar-refractivity contribution >= 4 is 17.2 Å². The molecule has 1 saturated carbocycles. The quantitative estimate of drug-likeness (QED) is 0.857. The van der Waals surface area contributed by atoms with Crippen LogP contribution in [0.2, 0.25) is 0 Å². The van der Waals surface area contributed by atoms with E-state index in [9.17, 15) is 9.90 Å². The Balaban J connectivity index is 1.61. The normalized spacial score (nSPS) is 15.9. The SMILES string of the molecule is Cc1oc(-c2cccs2)nc1CC(=O)NCC1(CO)CC1. The fourth-order valence-electron chi connectivity index (χ4n) is 2.17. The maximum atomic E-state index is 12.0. The standard InChI is InChI=1S/C15H18N2O3S/c1-10-11(17-14(20-10)12-3-2-6-21-12)7-13(19)16-8-15(9-18)4-5-15/h2-3,6,18H,4-5,7-9H2,1H3,(H,16,19). The molecule has 112 valence electrons. The highest BCUT2D eigenvalue weighted by Gasteiger charge is 2.42. The van der Waals surface area contributed by atoms with Gasteiger partial charge in [-0.25, -0.2) is 4.98 Å². The third kappa shape index (κ3) is 3.16. The highest BCUT2D eigenvalue weighted by molar-refractivity contribution is 7.13. The van der Waals surface area contributed by atoms with E-state index in [1.807, 2.05) is 24.4 Å². The number of nitrogens with one attached hydrogen (secondary N) is 1. The van der Waals surface area contributed by atoms with Gasteiger partial charge in [-0.3, -0.25) is 4.79 Å². The molecule has 2 aromatic rings. The van der Waals surface area contributed by atoms with Gasteiger partial charge in [0.1, 0.15) is 5.76 Å². The second-order valence-electron chi connectivity index (χ2n) is 5.61. The molecule has 21 heavy (non-hydrogen) atoms. The Morgan fingerprint density at radius 3 is 3.00 bits per heavy atom.